The van der Waals surface area contributed by atoms with E-state index in [0.717, 1.165) is 55.0 Å². The molecule has 4 nitrogen and oxygen atoms in total. The Hall–Kier alpha value is -3.24. The molecule has 2 aliphatic rings. The molecule has 2 aromatic heterocycles. The van der Waals surface area contributed by atoms with Crippen molar-refractivity contribution < 1.29 is 0 Å². The van der Waals surface area contributed by atoms with Crippen LogP contribution in [0.3, 0.4) is 0 Å². The average Bonchev–Trinajstić information content (AvgIpc) is 3.45. The molecular formula is C36H52N4. The molecule has 1 unspecified atom stereocenters. The Morgan fingerprint density at radius 1 is 1.05 bits per heavy atom. The normalized spacial score (nSPS) is 16.6. The molecule has 1 aliphatic heterocycles. The molecular weight excluding hydrogens is 488 g/mol. The fourth-order valence-corrected chi connectivity index (χ4v) is 5.17. The van der Waals surface area contributed by atoms with Crippen LogP contribution in [-0.2, 0) is 6.54 Å². The molecule has 1 aliphatic carbocycles. The van der Waals surface area contributed by atoms with Gasteiger partial charge in [0, 0.05) is 44.1 Å². The van der Waals surface area contributed by atoms with E-state index in [1.165, 1.54) is 53.8 Å². The summed E-state index contributed by atoms with van der Waals surface area (Å²) >= 11 is 0. The highest BCUT2D eigenvalue weighted by Crippen LogP contribution is 2.35. The summed E-state index contributed by atoms with van der Waals surface area (Å²) in [5, 5.41) is 0. The highest BCUT2D eigenvalue weighted by Gasteiger charge is 2.19. The Morgan fingerprint density at radius 2 is 1.77 bits per heavy atom. The van der Waals surface area contributed by atoms with Gasteiger partial charge in [0.05, 0.1) is 11.4 Å². The lowest BCUT2D eigenvalue weighted by Crippen LogP contribution is -2.22. The zero-order valence-electron chi connectivity index (χ0n) is 25.0. The average molecular weight is 541 g/mol. The highest BCUT2D eigenvalue weighted by molar-refractivity contribution is 5.58. The Kier molecular flexibility index (Phi) is 13.3. The predicted molar refractivity (Wildman–Crippen MR) is 174 cm³/mol. The lowest BCUT2D eigenvalue weighted by molar-refractivity contribution is 0.331. The minimum atomic E-state index is 0. The molecule has 2 aromatic rings. The quantitative estimate of drug-likeness (QED) is 0.282. The monoisotopic (exact) mass is 540 g/mol. The van der Waals surface area contributed by atoms with Gasteiger partial charge in [-0.3, -0.25) is 14.9 Å². The topological polar surface area (TPSA) is 32.3 Å². The number of aromatic nitrogens is 2. The summed E-state index contributed by atoms with van der Waals surface area (Å²) in [4.78, 5) is 13.7. The Morgan fingerprint density at radius 3 is 2.38 bits per heavy atom. The van der Waals surface area contributed by atoms with E-state index in [-0.39, 0.29) is 7.43 Å². The molecule has 0 spiro atoms. The first-order chi connectivity index (χ1) is 18.7. The molecule has 0 bridgehead atoms. The minimum Gasteiger partial charge on any atom is -0.371 e. The van der Waals surface area contributed by atoms with Crippen molar-refractivity contribution in [3.63, 3.8) is 0 Å². The van der Waals surface area contributed by atoms with Crippen molar-refractivity contribution in [3.8, 4) is 0 Å². The predicted octanol–water partition coefficient (Wildman–Crippen LogP) is 8.90. The molecule has 0 radical (unpaired) electrons. The third-order valence-electron chi connectivity index (χ3n) is 7.62. The van der Waals surface area contributed by atoms with Gasteiger partial charge in [-0.15, -0.1) is 0 Å². The number of rotatable bonds is 10. The smallest absolute Gasteiger partial charge is 0.0857 e. The Balaban J connectivity index is 0.000000304. The van der Waals surface area contributed by atoms with Crippen LogP contribution in [0.1, 0.15) is 89.1 Å². The molecule has 1 fully saturated rings. The van der Waals surface area contributed by atoms with E-state index >= 15 is 0 Å². The third kappa shape index (κ3) is 9.16. The molecule has 1 atom stereocenters. The zero-order valence-corrected chi connectivity index (χ0v) is 25.0. The molecule has 0 aromatic carbocycles. The van der Waals surface area contributed by atoms with Gasteiger partial charge in [0.25, 0.3) is 0 Å². The third-order valence-corrected chi connectivity index (χ3v) is 7.62. The molecule has 40 heavy (non-hydrogen) atoms. The fourth-order valence-electron chi connectivity index (χ4n) is 5.17. The first-order valence-electron chi connectivity index (χ1n) is 14.5. The maximum atomic E-state index is 4.51. The molecule has 216 valence electrons. The first-order valence-corrected chi connectivity index (χ1v) is 14.5. The second-order valence-corrected chi connectivity index (χ2v) is 10.9. The van der Waals surface area contributed by atoms with Gasteiger partial charge >= 0.3 is 0 Å². The van der Waals surface area contributed by atoms with Crippen LogP contribution in [0.2, 0.25) is 0 Å². The van der Waals surface area contributed by atoms with Crippen LogP contribution in [0, 0.1) is 6.92 Å². The van der Waals surface area contributed by atoms with Gasteiger partial charge < -0.3 is 4.90 Å². The summed E-state index contributed by atoms with van der Waals surface area (Å²) in [5.74, 6) is 0.380. The summed E-state index contributed by atoms with van der Waals surface area (Å²) in [7, 11) is 0. The van der Waals surface area contributed by atoms with Gasteiger partial charge in [-0.05, 0) is 106 Å². The van der Waals surface area contributed by atoms with Crippen LogP contribution in [0.15, 0.2) is 91.0 Å². The van der Waals surface area contributed by atoms with Crippen molar-refractivity contribution in [1.82, 2.24) is 19.8 Å². The van der Waals surface area contributed by atoms with Crippen molar-refractivity contribution in [2.75, 3.05) is 26.2 Å². The standard InChI is InChI=1S/C22H28N2.C13H20N2.CH4/c1-16(2)18(4)22-12-20(8-7-17(22)3)21-11-19(13-23-14-21)15-24-9-5-6-10-24;1-5-9-15(6-2)12(4)13-8-7-11(3)10-14-13;/h7,11-14,20H,1,4-6,8-10,15H2,2-3H3;7-8,10H,4-6,9H2,1-3H3;1H4. The second kappa shape index (κ2) is 16.1. The fraction of sp³-hybridized carbons (Fsp3) is 0.444. The van der Waals surface area contributed by atoms with E-state index in [9.17, 15) is 0 Å². The minimum absolute atomic E-state index is 0. The number of aryl methyl sites for hydroxylation is 1. The van der Waals surface area contributed by atoms with E-state index in [4.69, 9.17) is 0 Å². The molecule has 1 saturated heterocycles. The molecule has 3 heterocycles. The molecule has 0 N–H and O–H groups in total. The van der Waals surface area contributed by atoms with Crippen LogP contribution in [0.25, 0.3) is 5.70 Å². The van der Waals surface area contributed by atoms with E-state index in [1.54, 1.807) is 0 Å². The van der Waals surface area contributed by atoms with Crippen LogP contribution in [-0.4, -0.2) is 45.9 Å². The van der Waals surface area contributed by atoms with Crippen LogP contribution < -0.4 is 0 Å². The molecule has 0 saturated carbocycles. The van der Waals surface area contributed by atoms with Crippen molar-refractivity contribution in [2.24, 2.45) is 0 Å². The number of likely N-dealkylation sites (tertiary alicyclic amines) is 1. The van der Waals surface area contributed by atoms with E-state index in [1.807, 2.05) is 38.5 Å². The second-order valence-electron chi connectivity index (χ2n) is 10.9. The van der Waals surface area contributed by atoms with Gasteiger partial charge in [0.15, 0.2) is 0 Å². The van der Waals surface area contributed by atoms with Gasteiger partial charge in [-0.1, -0.05) is 63.9 Å². The highest BCUT2D eigenvalue weighted by atomic mass is 15.1. The van der Waals surface area contributed by atoms with Crippen LogP contribution in [0.5, 0.6) is 0 Å². The summed E-state index contributed by atoms with van der Waals surface area (Å²) in [6, 6.07) is 6.45. The summed E-state index contributed by atoms with van der Waals surface area (Å²) < 4.78 is 0. The van der Waals surface area contributed by atoms with E-state index < -0.39 is 0 Å². The zero-order chi connectivity index (χ0) is 28.4. The van der Waals surface area contributed by atoms with E-state index in [2.05, 4.69) is 84.6 Å². The van der Waals surface area contributed by atoms with Crippen molar-refractivity contribution >= 4 is 5.70 Å². The van der Waals surface area contributed by atoms with E-state index in [0.29, 0.717) is 5.92 Å². The maximum Gasteiger partial charge on any atom is 0.0857 e. The van der Waals surface area contributed by atoms with Crippen LogP contribution in [0.4, 0.5) is 0 Å². The maximum absolute atomic E-state index is 4.51. The molecule has 0 amide bonds. The van der Waals surface area contributed by atoms with Gasteiger partial charge in [-0.25, -0.2) is 0 Å². The van der Waals surface area contributed by atoms with Gasteiger partial charge in [0.1, 0.15) is 0 Å². The van der Waals surface area contributed by atoms with Crippen molar-refractivity contribution in [3.05, 3.63) is 113 Å². The van der Waals surface area contributed by atoms with Gasteiger partial charge in [0.2, 0.25) is 0 Å². The number of nitrogens with zero attached hydrogens (tertiary/aromatic N) is 4. The Bertz CT molecular complexity index is 1200. The summed E-state index contributed by atoms with van der Waals surface area (Å²) in [6.07, 6.45) is 15.4. The molecule has 4 rings (SSSR count). The molecule has 4 heteroatoms. The summed E-state index contributed by atoms with van der Waals surface area (Å²) in [6.45, 7) is 28.4. The van der Waals surface area contributed by atoms with Gasteiger partial charge in [-0.2, -0.15) is 0 Å². The summed E-state index contributed by atoms with van der Waals surface area (Å²) in [5.41, 5.74) is 10.5. The van der Waals surface area contributed by atoms with Crippen molar-refractivity contribution in [1.29, 1.82) is 0 Å². The number of allylic oxidation sites excluding steroid dienone is 6. The first kappa shape index (κ1) is 33.0. The largest absolute Gasteiger partial charge is 0.371 e. The van der Waals surface area contributed by atoms with Crippen LogP contribution >= 0.6 is 0 Å². The SMILES string of the molecule is C.C=C(C)C(=C)C1=CC(c2cncc(CN3CCCC3)c2)CC=C1C.C=C(c1ccc(C)cn1)N(CC)CCC. The Labute approximate surface area is 244 Å². The number of pyridine rings is 2. The lowest BCUT2D eigenvalue weighted by Gasteiger charge is -2.24. The number of hydrogen-bond acceptors (Lipinski definition) is 4. The van der Waals surface area contributed by atoms with Crippen molar-refractivity contribution in [2.45, 2.75) is 80.2 Å². The number of hydrogen-bond donors (Lipinski definition) is 0. The lowest BCUT2D eigenvalue weighted by atomic mass is 9.83.